The Bertz CT molecular complexity index is 157. The van der Waals surface area contributed by atoms with Gasteiger partial charge in [-0.15, -0.1) is 0 Å². The monoisotopic (exact) mass is 222 g/mol. The molecule has 1 heterocycles. The third-order valence-electron chi connectivity index (χ3n) is 0.795. The van der Waals surface area contributed by atoms with Crippen molar-refractivity contribution in [2.45, 2.75) is 20.8 Å². The third kappa shape index (κ3) is 45.1. The van der Waals surface area contributed by atoms with Gasteiger partial charge in [0.1, 0.15) is 0 Å². The first kappa shape index (κ1) is 19.2. The van der Waals surface area contributed by atoms with Crippen molar-refractivity contribution in [3.8, 4) is 0 Å². The summed E-state index contributed by atoms with van der Waals surface area (Å²) in [5.74, 6) is 0. The lowest BCUT2D eigenvalue weighted by atomic mass is 10.5. The van der Waals surface area contributed by atoms with Gasteiger partial charge in [-0.3, -0.25) is 0 Å². The van der Waals surface area contributed by atoms with Gasteiger partial charge in [-0.05, 0) is 6.42 Å². The second kappa shape index (κ2) is 18.4. The van der Waals surface area contributed by atoms with Crippen LogP contribution < -0.4 is 0 Å². The Morgan fingerprint density at radius 1 is 1.40 bits per heavy atom. The Kier molecular flexibility index (Phi) is 23.6. The first-order chi connectivity index (χ1) is 6.72. The Labute approximate surface area is 89.5 Å². The summed E-state index contributed by atoms with van der Waals surface area (Å²) in [6.07, 6.45) is 0.474. The zero-order chi connectivity index (χ0) is 11.2. The lowest BCUT2D eigenvalue weighted by molar-refractivity contribution is -0.191. The lowest BCUT2D eigenvalue weighted by Crippen LogP contribution is -2.03. The number of rotatable bonds is 2. The second-order valence-electron chi connectivity index (χ2n) is 2.00. The number of hydrogen-bond acceptors (Lipinski definition) is 6. The summed E-state index contributed by atoms with van der Waals surface area (Å²) in [5.41, 5.74) is 0. The fourth-order valence-electron chi connectivity index (χ4n) is 0.244. The van der Waals surface area contributed by atoms with Gasteiger partial charge in [0, 0.05) is 0 Å². The van der Waals surface area contributed by atoms with Gasteiger partial charge in [0.25, 0.3) is 0 Å². The van der Waals surface area contributed by atoms with Crippen molar-refractivity contribution in [3.63, 3.8) is 0 Å². The summed E-state index contributed by atoms with van der Waals surface area (Å²) in [7, 11) is 1.29. The second-order valence-corrected chi connectivity index (χ2v) is 2.00. The minimum absolute atomic E-state index is 0. The maximum Gasteiger partial charge on any atom is 0.507 e. The van der Waals surface area contributed by atoms with Gasteiger partial charge >= 0.3 is 12.3 Å². The molecule has 1 aliphatic heterocycles. The maximum absolute atomic E-state index is 10.1. The highest BCUT2D eigenvalue weighted by Crippen LogP contribution is 1.84. The zero-order valence-electron chi connectivity index (χ0n) is 8.28. The average molecular weight is 222 g/mol. The molecule has 15 heavy (non-hydrogen) atoms. The molecular formula is C9H18O6. The molecule has 0 saturated carbocycles. The number of carbonyl (C=O) groups is 1. The fourth-order valence-corrected chi connectivity index (χ4v) is 0.244. The number of methoxy groups -OCH3 is 1. The van der Waals surface area contributed by atoms with Crippen molar-refractivity contribution in [1.82, 2.24) is 0 Å². The van der Waals surface area contributed by atoms with E-state index in [4.69, 9.17) is 9.59 Å². The third-order valence-corrected chi connectivity index (χ3v) is 0.795. The molecule has 90 valence electrons. The van der Waals surface area contributed by atoms with E-state index in [2.05, 4.69) is 14.2 Å². The minimum atomic E-state index is -0.605. The van der Waals surface area contributed by atoms with E-state index in [0.29, 0.717) is 6.61 Å². The van der Waals surface area contributed by atoms with Crippen LogP contribution in [0.3, 0.4) is 0 Å². The van der Waals surface area contributed by atoms with E-state index in [1.807, 2.05) is 6.92 Å². The molecule has 0 aliphatic carbocycles. The number of epoxide rings is 1. The average Bonchev–Trinajstić information content (AvgIpc) is 3.02. The van der Waals surface area contributed by atoms with E-state index in [9.17, 15) is 4.79 Å². The SMILES string of the molecule is C.C1CO1.CCCOC(=O)OC.O=C=O. The maximum atomic E-state index is 10.1. The quantitative estimate of drug-likeness (QED) is 0.516. The van der Waals surface area contributed by atoms with E-state index >= 15 is 0 Å². The van der Waals surface area contributed by atoms with Crippen LogP contribution in [-0.2, 0) is 23.8 Å². The highest BCUT2D eigenvalue weighted by Gasteiger charge is 1.95. The molecule has 0 radical (unpaired) electrons. The fraction of sp³-hybridized carbons (Fsp3) is 0.778. The molecule has 0 aromatic carbocycles. The van der Waals surface area contributed by atoms with Gasteiger partial charge in [-0.1, -0.05) is 14.4 Å². The highest BCUT2D eigenvalue weighted by molar-refractivity contribution is 5.59. The Morgan fingerprint density at radius 3 is 2.00 bits per heavy atom. The van der Waals surface area contributed by atoms with Crippen LogP contribution in [0.2, 0.25) is 0 Å². The van der Waals surface area contributed by atoms with Crippen molar-refractivity contribution >= 4 is 12.3 Å². The molecule has 1 fully saturated rings. The molecule has 0 spiro atoms. The first-order valence-corrected chi connectivity index (χ1v) is 4.00. The molecular weight excluding hydrogens is 204 g/mol. The molecule has 0 N–H and O–H groups in total. The van der Waals surface area contributed by atoms with E-state index in [1.54, 1.807) is 0 Å². The van der Waals surface area contributed by atoms with E-state index < -0.39 is 6.16 Å². The predicted molar refractivity (Wildman–Crippen MR) is 51.2 cm³/mol. The molecule has 1 aliphatic rings. The Hall–Kier alpha value is -1.39. The molecule has 0 aromatic heterocycles. The van der Waals surface area contributed by atoms with Crippen molar-refractivity contribution in [1.29, 1.82) is 0 Å². The summed E-state index contributed by atoms with van der Waals surface area (Å²) in [4.78, 5) is 26.4. The number of hydrogen-bond donors (Lipinski definition) is 0. The van der Waals surface area contributed by atoms with Gasteiger partial charge in [-0.25, -0.2) is 4.79 Å². The van der Waals surface area contributed by atoms with Crippen LogP contribution in [0.15, 0.2) is 0 Å². The van der Waals surface area contributed by atoms with Gasteiger partial charge in [0.05, 0.1) is 26.9 Å². The van der Waals surface area contributed by atoms with Crippen molar-refractivity contribution < 1.29 is 28.6 Å². The molecule has 6 heteroatoms. The highest BCUT2D eigenvalue weighted by atomic mass is 16.7. The normalized spacial score (nSPS) is 9.73. The summed E-state index contributed by atoms with van der Waals surface area (Å²) in [6.45, 7) is 4.36. The summed E-state index contributed by atoms with van der Waals surface area (Å²) in [6, 6.07) is 0. The molecule has 6 nitrogen and oxygen atoms in total. The van der Waals surface area contributed by atoms with Crippen LogP contribution in [0.5, 0.6) is 0 Å². The van der Waals surface area contributed by atoms with E-state index in [0.717, 1.165) is 19.6 Å². The van der Waals surface area contributed by atoms with Crippen molar-refractivity contribution in [2.75, 3.05) is 26.9 Å². The number of carbonyl (C=O) groups excluding carboxylic acids is 3. The largest absolute Gasteiger partial charge is 0.507 e. The van der Waals surface area contributed by atoms with E-state index in [1.165, 1.54) is 7.11 Å². The van der Waals surface area contributed by atoms with Crippen molar-refractivity contribution in [2.24, 2.45) is 0 Å². The predicted octanol–water partition coefficient (Wildman–Crippen LogP) is 1.25. The van der Waals surface area contributed by atoms with Crippen LogP contribution >= 0.6 is 0 Å². The molecule has 1 saturated heterocycles. The van der Waals surface area contributed by atoms with Crippen LogP contribution in [0.1, 0.15) is 20.8 Å². The first-order valence-electron chi connectivity index (χ1n) is 4.00. The summed E-state index contributed by atoms with van der Waals surface area (Å²) >= 11 is 0. The summed E-state index contributed by atoms with van der Waals surface area (Å²) < 4.78 is 13.2. The molecule has 0 amide bonds. The van der Waals surface area contributed by atoms with Gasteiger partial charge in [-0.2, -0.15) is 9.59 Å². The standard InChI is InChI=1S/C5H10O3.C2H4O.CO2.CH4/c1-3-4-8-5(6)7-2;1-2-3-1;2-1-3;/h3-4H2,1-2H3;1-2H2;;1H4. The molecule has 0 bridgehead atoms. The molecule has 0 aromatic rings. The van der Waals surface area contributed by atoms with Gasteiger partial charge in [0.15, 0.2) is 0 Å². The van der Waals surface area contributed by atoms with Crippen LogP contribution in [0.4, 0.5) is 4.79 Å². The topological polar surface area (TPSA) is 82.2 Å². The van der Waals surface area contributed by atoms with Gasteiger partial charge < -0.3 is 14.2 Å². The molecule has 1 rings (SSSR count). The molecule has 0 unspecified atom stereocenters. The Morgan fingerprint density at radius 2 is 1.80 bits per heavy atom. The lowest BCUT2D eigenvalue weighted by Gasteiger charge is -1.97. The Balaban J connectivity index is -0.000000170. The minimum Gasteiger partial charge on any atom is -0.438 e. The van der Waals surface area contributed by atoms with Crippen LogP contribution in [0.25, 0.3) is 0 Å². The molecule has 0 atom stereocenters. The van der Waals surface area contributed by atoms with Crippen LogP contribution in [-0.4, -0.2) is 39.2 Å². The summed E-state index contributed by atoms with van der Waals surface area (Å²) in [5, 5.41) is 0. The van der Waals surface area contributed by atoms with Crippen LogP contribution in [0, 0.1) is 0 Å². The van der Waals surface area contributed by atoms with Crippen molar-refractivity contribution in [3.05, 3.63) is 0 Å². The number of ether oxygens (including phenoxy) is 3. The van der Waals surface area contributed by atoms with Gasteiger partial charge in [0.2, 0.25) is 0 Å². The smallest absolute Gasteiger partial charge is 0.438 e. The zero-order valence-corrected chi connectivity index (χ0v) is 8.28. The van der Waals surface area contributed by atoms with E-state index in [-0.39, 0.29) is 13.6 Å².